The van der Waals surface area contributed by atoms with Gasteiger partial charge in [0.05, 0.1) is 7.11 Å². The Bertz CT molecular complexity index is 1350. The van der Waals surface area contributed by atoms with E-state index in [0.29, 0.717) is 8.58 Å². The number of ether oxygens (including phenoxy) is 1. The molecule has 0 N–H and O–H groups in total. The molecular formula is C35H39O2P. The normalized spacial score (nSPS) is 12.9. The highest BCUT2D eigenvalue weighted by molar-refractivity contribution is 7.48. The van der Waals surface area contributed by atoms with Crippen molar-refractivity contribution in [2.45, 2.75) is 58.0 Å². The van der Waals surface area contributed by atoms with Gasteiger partial charge in [-0.05, 0) is 53.7 Å². The topological polar surface area (TPSA) is 26.3 Å². The summed E-state index contributed by atoms with van der Waals surface area (Å²) in [5, 5.41) is 1.03. The van der Waals surface area contributed by atoms with Crippen LogP contribution in [0.5, 0.6) is 5.75 Å². The van der Waals surface area contributed by atoms with Gasteiger partial charge in [-0.2, -0.15) is 0 Å². The second kappa shape index (κ2) is 13.0. The van der Waals surface area contributed by atoms with E-state index in [-0.39, 0.29) is 10.9 Å². The van der Waals surface area contributed by atoms with Crippen molar-refractivity contribution in [1.82, 2.24) is 0 Å². The lowest BCUT2D eigenvalue weighted by molar-refractivity contribution is 0.101. The monoisotopic (exact) mass is 522 g/mol. The smallest absolute Gasteiger partial charge is 0.160 e. The van der Waals surface area contributed by atoms with Crippen LogP contribution in [0, 0.1) is 0 Å². The maximum Gasteiger partial charge on any atom is 0.160 e. The Morgan fingerprint density at radius 3 is 1.97 bits per heavy atom. The summed E-state index contributed by atoms with van der Waals surface area (Å²) < 4.78 is 6.26. The van der Waals surface area contributed by atoms with Crippen molar-refractivity contribution in [3.05, 3.63) is 130 Å². The molecule has 38 heavy (non-hydrogen) atoms. The van der Waals surface area contributed by atoms with E-state index in [1.165, 1.54) is 27.8 Å². The third-order valence-corrected chi connectivity index (χ3v) is 9.45. The molecule has 2 nitrogen and oxygen atoms in total. The molecule has 0 fully saturated rings. The third kappa shape index (κ3) is 6.43. The molecule has 2 atom stereocenters. The van der Waals surface area contributed by atoms with Gasteiger partial charge in [-0.25, -0.2) is 0 Å². The lowest BCUT2D eigenvalue weighted by Gasteiger charge is -2.36. The number of benzene rings is 4. The zero-order valence-electron chi connectivity index (χ0n) is 23.1. The Labute approximate surface area is 230 Å². The minimum atomic E-state index is -0.121. The summed E-state index contributed by atoms with van der Waals surface area (Å²) in [5.74, 6) is 1.12. The van der Waals surface area contributed by atoms with E-state index in [4.69, 9.17) is 4.74 Å². The van der Waals surface area contributed by atoms with Crippen LogP contribution in [0.2, 0.25) is 0 Å². The number of Topliss-reactive ketones (excluding diaryl/α,β-unsaturated/α-hetero) is 1. The summed E-state index contributed by atoms with van der Waals surface area (Å²) in [7, 11) is 2.28. The van der Waals surface area contributed by atoms with Crippen LogP contribution in [0.25, 0.3) is 0 Å². The first-order valence-corrected chi connectivity index (χ1v) is 14.7. The first-order chi connectivity index (χ1) is 18.5. The molecule has 0 aromatic heterocycles. The van der Waals surface area contributed by atoms with Gasteiger partial charge in [0.15, 0.2) is 5.78 Å². The predicted octanol–water partition coefficient (Wildman–Crippen LogP) is 8.49. The first kappa shape index (κ1) is 27.8. The predicted molar refractivity (Wildman–Crippen MR) is 163 cm³/mol. The Morgan fingerprint density at radius 1 is 0.789 bits per heavy atom. The Kier molecular flexibility index (Phi) is 9.53. The Hall–Kier alpha value is -3.22. The van der Waals surface area contributed by atoms with Crippen molar-refractivity contribution >= 4 is 19.7 Å². The van der Waals surface area contributed by atoms with E-state index >= 15 is 0 Å². The van der Waals surface area contributed by atoms with Gasteiger partial charge >= 0.3 is 0 Å². The minimum absolute atomic E-state index is 0.121. The molecule has 0 aliphatic carbocycles. The van der Waals surface area contributed by atoms with Gasteiger partial charge in [0.2, 0.25) is 0 Å². The molecule has 2 unspecified atom stereocenters. The SMILES string of the molecule is CCCC(CC)(Pc1ccccc1C(C)=O)c1cc(Cc2ccccc2)cc(Cc2ccccc2)c1OC. The summed E-state index contributed by atoms with van der Waals surface area (Å²) in [4.78, 5) is 12.6. The van der Waals surface area contributed by atoms with E-state index < -0.39 is 0 Å². The zero-order chi connectivity index (χ0) is 27.0. The number of carbonyl (C=O) groups is 1. The van der Waals surface area contributed by atoms with Crippen molar-refractivity contribution < 1.29 is 9.53 Å². The average Bonchev–Trinajstić information content (AvgIpc) is 2.94. The van der Waals surface area contributed by atoms with Crippen LogP contribution < -0.4 is 10.0 Å². The summed E-state index contributed by atoms with van der Waals surface area (Å²) in [6, 6.07) is 34.2. The van der Waals surface area contributed by atoms with Crippen molar-refractivity contribution in [1.29, 1.82) is 0 Å². The molecule has 4 aromatic rings. The second-order valence-electron chi connectivity index (χ2n) is 10.1. The zero-order valence-corrected chi connectivity index (χ0v) is 24.1. The summed E-state index contributed by atoms with van der Waals surface area (Å²) in [5.41, 5.74) is 7.22. The van der Waals surface area contributed by atoms with E-state index in [1.807, 2.05) is 19.2 Å². The Morgan fingerprint density at radius 2 is 1.39 bits per heavy atom. The largest absolute Gasteiger partial charge is 0.496 e. The highest BCUT2D eigenvalue weighted by atomic mass is 31.1. The van der Waals surface area contributed by atoms with Crippen LogP contribution in [0.15, 0.2) is 97.1 Å². The van der Waals surface area contributed by atoms with Crippen molar-refractivity contribution in [3.63, 3.8) is 0 Å². The van der Waals surface area contributed by atoms with Gasteiger partial charge in [0.1, 0.15) is 5.75 Å². The number of rotatable bonds is 12. The first-order valence-electron chi connectivity index (χ1n) is 13.7. The van der Waals surface area contributed by atoms with Gasteiger partial charge in [-0.15, -0.1) is 0 Å². The summed E-state index contributed by atoms with van der Waals surface area (Å²) in [6.07, 6.45) is 4.76. The fourth-order valence-electron chi connectivity index (χ4n) is 5.54. The van der Waals surface area contributed by atoms with Crippen molar-refractivity contribution in [2.24, 2.45) is 0 Å². The van der Waals surface area contributed by atoms with Crippen LogP contribution in [0.4, 0.5) is 0 Å². The molecule has 196 valence electrons. The van der Waals surface area contributed by atoms with Crippen molar-refractivity contribution in [3.8, 4) is 5.75 Å². The molecule has 0 saturated carbocycles. The van der Waals surface area contributed by atoms with Gasteiger partial charge in [0, 0.05) is 22.7 Å². The van der Waals surface area contributed by atoms with Crippen LogP contribution in [-0.2, 0) is 18.0 Å². The molecule has 0 saturated heterocycles. The molecule has 0 bridgehead atoms. The number of hydrogen-bond acceptors (Lipinski definition) is 2. The number of ketones is 1. The number of hydrogen-bond donors (Lipinski definition) is 0. The summed E-state index contributed by atoms with van der Waals surface area (Å²) in [6.45, 7) is 6.23. The minimum Gasteiger partial charge on any atom is -0.496 e. The van der Waals surface area contributed by atoms with Crippen LogP contribution in [0.1, 0.15) is 78.2 Å². The fourth-order valence-corrected chi connectivity index (χ4v) is 7.50. The van der Waals surface area contributed by atoms with Gasteiger partial charge in [-0.3, -0.25) is 4.79 Å². The van der Waals surface area contributed by atoms with Crippen LogP contribution >= 0.6 is 8.58 Å². The Balaban J connectivity index is 1.90. The maximum absolute atomic E-state index is 12.6. The van der Waals surface area contributed by atoms with E-state index in [9.17, 15) is 4.79 Å². The molecule has 0 radical (unpaired) electrons. The summed E-state index contributed by atoms with van der Waals surface area (Å²) >= 11 is 0. The molecular weight excluding hydrogens is 483 g/mol. The van der Waals surface area contributed by atoms with Crippen molar-refractivity contribution in [2.75, 3.05) is 7.11 Å². The van der Waals surface area contributed by atoms with Gasteiger partial charge in [-0.1, -0.05) is 126 Å². The average molecular weight is 523 g/mol. The quantitative estimate of drug-likeness (QED) is 0.138. The highest BCUT2D eigenvalue weighted by Crippen LogP contribution is 2.52. The lowest BCUT2D eigenvalue weighted by atomic mass is 9.85. The second-order valence-corrected chi connectivity index (χ2v) is 11.8. The van der Waals surface area contributed by atoms with Gasteiger partial charge < -0.3 is 4.74 Å². The van der Waals surface area contributed by atoms with E-state index in [0.717, 1.165) is 48.7 Å². The number of carbonyl (C=O) groups excluding carboxylic acids is 1. The molecule has 0 aliphatic heterocycles. The van der Waals surface area contributed by atoms with E-state index in [2.05, 4.69) is 98.8 Å². The molecule has 0 aliphatic rings. The molecule has 3 heteroatoms. The lowest BCUT2D eigenvalue weighted by Crippen LogP contribution is -2.26. The highest BCUT2D eigenvalue weighted by Gasteiger charge is 2.35. The standard InChI is InChI=1S/C35H39O2P/c1-5-21-35(6-2,38-33-20-14-13-19-31(33)26(3)36)32-25-29(22-27-15-9-7-10-16-27)24-30(34(32)37-4)23-28-17-11-8-12-18-28/h7-20,24-25,38H,5-6,21-23H2,1-4H3. The molecule has 0 amide bonds. The molecule has 0 heterocycles. The third-order valence-electron chi connectivity index (χ3n) is 7.39. The van der Waals surface area contributed by atoms with Gasteiger partial charge in [0.25, 0.3) is 0 Å². The fraction of sp³-hybridized carbons (Fsp3) is 0.286. The molecule has 4 aromatic carbocycles. The number of methoxy groups -OCH3 is 1. The van der Waals surface area contributed by atoms with Crippen LogP contribution in [-0.4, -0.2) is 12.9 Å². The molecule has 4 rings (SSSR count). The maximum atomic E-state index is 12.6. The van der Waals surface area contributed by atoms with Crippen LogP contribution in [0.3, 0.4) is 0 Å². The molecule has 0 spiro atoms. The van der Waals surface area contributed by atoms with E-state index in [1.54, 1.807) is 6.92 Å².